The number of hydrogen-bond donors (Lipinski definition) is 3. The van der Waals surface area contributed by atoms with Gasteiger partial charge in [0.2, 0.25) is 0 Å². The molecular formula is C17H13ClN6OS2. The minimum absolute atomic E-state index is 0.209. The van der Waals surface area contributed by atoms with Gasteiger partial charge in [-0.25, -0.2) is 15.0 Å². The van der Waals surface area contributed by atoms with Crippen molar-refractivity contribution >= 4 is 56.6 Å². The average molecular weight is 417 g/mol. The first-order valence-corrected chi connectivity index (χ1v) is 10.0. The number of fused-ring (bicyclic) bond motifs is 1. The Hall–Kier alpha value is -2.62. The Balaban J connectivity index is 1.67. The number of benzene rings is 1. The molecular weight excluding hydrogens is 404 g/mol. The summed E-state index contributed by atoms with van der Waals surface area (Å²) in [4.78, 5) is 28.9. The second kappa shape index (κ2) is 7.18. The van der Waals surface area contributed by atoms with Gasteiger partial charge >= 0.3 is 0 Å². The molecule has 0 saturated carbocycles. The van der Waals surface area contributed by atoms with Crippen molar-refractivity contribution in [3.05, 3.63) is 56.9 Å². The normalized spacial score (nSPS) is 11.1. The lowest BCUT2D eigenvalue weighted by Gasteiger charge is -2.04. The number of nitrogens with zero attached hydrogens (tertiary/aromatic N) is 3. The first-order chi connectivity index (χ1) is 13.0. The van der Waals surface area contributed by atoms with Gasteiger partial charge in [-0.1, -0.05) is 41.6 Å². The fourth-order valence-corrected chi connectivity index (χ4v) is 4.54. The van der Waals surface area contributed by atoms with Gasteiger partial charge in [0.05, 0.1) is 11.1 Å². The number of H-pyrrole nitrogens is 1. The molecule has 0 aliphatic heterocycles. The summed E-state index contributed by atoms with van der Waals surface area (Å²) in [5, 5.41) is 3.45. The highest BCUT2D eigenvalue weighted by Crippen LogP contribution is 2.35. The van der Waals surface area contributed by atoms with E-state index in [0.29, 0.717) is 43.6 Å². The van der Waals surface area contributed by atoms with Crippen molar-refractivity contribution in [1.82, 2.24) is 19.9 Å². The molecule has 0 saturated heterocycles. The largest absolute Gasteiger partial charge is 0.383 e. The van der Waals surface area contributed by atoms with Crippen LogP contribution in [0.4, 0.5) is 11.6 Å². The van der Waals surface area contributed by atoms with Crippen LogP contribution in [0, 0.1) is 0 Å². The molecule has 0 fully saturated rings. The van der Waals surface area contributed by atoms with Crippen molar-refractivity contribution in [2.45, 2.75) is 10.9 Å². The second-order valence-electron chi connectivity index (χ2n) is 5.61. The van der Waals surface area contributed by atoms with Crippen molar-refractivity contribution < 1.29 is 0 Å². The van der Waals surface area contributed by atoms with E-state index in [1.54, 1.807) is 6.07 Å². The molecule has 0 aliphatic carbocycles. The number of aromatic nitrogens is 4. The number of anilines is 2. The van der Waals surface area contributed by atoms with Gasteiger partial charge in [-0.3, -0.25) is 4.79 Å². The number of nitrogen functional groups attached to an aromatic ring is 2. The Labute approximate surface area is 166 Å². The molecule has 0 bridgehead atoms. The Kier molecular flexibility index (Phi) is 4.73. The number of thioether (sulfide) groups is 1. The summed E-state index contributed by atoms with van der Waals surface area (Å²) >= 11 is 8.97. The summed E-state index contributed by atoms with van der Waals surface area (Å²) in [6.07, 6.45) is 0. The topological polar surface area (TPSA) is 124 Å². The Bertz CT molecular complexity index is 1190. The van der Waals surface area contributed by atoms with E-state index in [1.807, 2.05) is 23.6 Å². The lowest BCUT2D eigenvalue weighted by Crippen LogP contribution is -2.11. The minimum atomic E-state index is -0.209. The SMILES string of the molecule is Nc1cc(N)nc(SCc2nc3scc(-c4ccccc4Cl)c3c(=O)[nH]2)n1. The van der Waals surface area contributed by atoms with Crippen LogP contribution < -0.4 is 17.0 Å². The summed E-state index contributed by atoms with van der Waals surface area (Å²) in [6.45, 7) is 0. The molecule has 4 aromatic rings. The van der Waals surface area contributed by atoms with Gasteiger partial charge < -0.3 is 16.5 Å². The maximum Gasteiger partial charge on any atom is 0.260 e. The van der Waals surface area contributed by atoms with E-state index in [-0.39, 0.29) is 5.56 Å². The smallest absolute Gasteiger partial charge is 0.260 e. The van der Waals surface area contributed by atoms with Crippen LogP contribution >= 0.6 is 34.7 Å². The third-order valence-electron chi connectivity index (χ3n) is 3.74. The first-order valence-electron chi connectivity index (χ1n) is 7.79. The zero-order valence-corrected chi connectivity index (χ0v) is 16.2. The van der Waals surface area contributed by atoms with Crippen LogP contribution in [0.5, 0.6) is 0 Å². The lowest BCUT2D eigenvalue weighted by atomic mass is 10.1. The van der Waals surface area contributed by atoms with Crippen LogP contribution in [0.2, 0.25) is 5.02 Å². The highest BCUT2D eigenvalue weighted by atomic mass is 35.5. The molecule has 27 heavy (non-hydrogen) atoms. The summed E-state index contributed by atoms with van der Waals surface area (Å²) in [5.74, 6) is 1.50. The number of thiophene rings is 1. The number of rotatable bonds is 4. The van der Waals surface area contributed by atoms with Crippen molar-refractivity contribution in [3.8, 4) is 11.1 Å². The van der Waals surface area contributed by atoms with E-state index >= 15 is 0 Å². The van der Waals surface area contributed by atoms with Gasteiger partial charge in [0.25, 0.3) is 5.56 Å². The molecule has 0 atom stereocenters. The number of nitrogens with one attached hydrogen (secondary N) is 1. The van der Waals surface area contributed by atoms with Gasteiger partial charge in [0.15, 0.2) is 5.16 Å². The Morgan fingerprint density at radius 3 is 2.59 bits per heavy atom. The number of aromatic amines is 1. The molecule has 10 heteroatoms. The van der Waals surface area contributed by atoms with Crippen LogP contribution in [0.15, 0.2) is 45.7 Å². The zero-order valence-electron chi connectivity index (χ0n) is 13.8. The Morgan fingerprint density at radius 1 is 1.11 bits per heavy atom. The van der Waals surface area contributed by atoms with Crippen molar-refractivity contribution in [1.29, 1.82) is 0 Å². The predicted molar refractivity (Wildman–Crippen MR) is 111 cm³/mol. The van der Waals surface area contributed by atoms with E-state index in [9.17, 15) is 4.79 Å². The molecule has 4 rings (SSSR count). The van der Waals surface area contributed by atoms with Gasteiger partial charge in [-0.2, -0.15) is 0 Å². The number of hydrogen-bond acceptors (Lipinski definition) is 8. The number of halogens is 1. The second-order valence-corrected chi connectivity index (χ2v) is 7.82. The number of nitrogens with two attached hydrogens (primary N) is 2. The minimum Gasteiger partial charge on any atom is -0.383 e. The summed E-state index contributed by atoms with van der Waals surface area (Å²) in [6, 6.07) is 8.90. The zero-order chi connectivity index (χ0) is 19.0. The van der Waals surface area contributed by atoms with Crippen LogP contribution in [0.3, 0.4) is 0 Å². The van der Waals surface area contributed by atoms with E-state index in [2.05, 4.69) is 19.9 Å². The molecule has 0 unspecified atom stereocenters. The lowest BCUT2D eigenvalue weighted by molar-refractivity contribution is 0.974. The van der Waals surface area contributed by atoms with Crippen LogP contribution in [-0.4, -0.2) is 19.9 Å². The van der Waals surface area contributed by atoms with Crippen molar-refractivity contribution in [2.75, 3.05) is 11.5 Å². The maximum atomic E-state index is 12.7. The molecule has 0 aliphatic rings. The molecule has 3 aromatic heterocycles. The third-order valence-corrected chi connectivity index (χ3v) is 5.80. The molecule has 1 aromatic carbocycles. The Morgan fingerprint density at radius 2 is 1.85 bits per heavy atom. The van der Waals surface area contributed by atoms with E-state index in [4.69, 9.17) is 23.1 Å². The average Bonchev–Trinajstić information content (AvgIpc) is 3.04. The molecule has 5 N–H and O–H groups in total. The maximum absolute atomic E-state index is 12.7. The fourth-order valence-electron chi connectivity index (χ4n) is 2.60. The van der Waals surface area contributed by atoms with Gasteiger partial charge in [0.1, 0.15) is 22.3 Å². The van der Waals surface area contributed by atoms with Crippen molar-refractivity contribution in [2.24, 2.45) is 0 Å². The molecule has 7 nitrogen and oxygen atoms in total. The fraction of sp³-hybridized carbons (Fsp3) is 0.0588. The molecule has 3 heterocycles. The molecule has 0 spiro atoms. The van der Waals surface area contributed by atoms with Gasteiger partial charge in [-0.05, 0) is 6.07 Å². The van der Waals surface area contributed by atoms with E-state index in [0.717, 1.165) is 11.1 Å². The predicted octanol–water partition coefficient (Wildman–Crippen LogP) is 3.55. The van der Waals surface area contributed by atoms with Gasteiger partial charge in [0, 0.05) is 27.6 Å². The third kappa shape index (κ3) is 3.61. The molecule has 0 amide bonds. The van der Waals surface area contributed by atoms with E-state index in [1.165, 1.54) is 29.2 Å². The highest BCUT2D eigenvalue weighted by molar-refractivity contribution is 7.98. The van der Waals surface area contributed by atoms with Crippen LogP contribution in [0.25, 0.3) is 21.3 Å². The first kappa shape index (κ1) is 17.8. The standard InChI is InChI=1S/C17H13ClN6OS2/c18-10-4-2-1-3-8(10)9-6-26-16-14(9)15(25)23-13(24-16)7-27-17-21-11(19)5-12(20)22-17/h1-6H,7H2,(H,23,24,25)(H4,19,20,21,22). The highest BCUT2D eigenvalue weighted by Gasteiger charge is 2.15. The summed E-state index contributed by atoms with van der Waals surface area (Å²) in [5.41, 5.74) is 12.7. The quantitative estimate of drug-likeness (QED) is 0.343. The van der Waals surface area contributed by atoms with Crippen molar-refractivity contribution in [3.63, 3.8) is 0 Å². The molecule has 136 valence electrons. The summed E-state index contributed by atoms with van der Waals surface area (Å²) in [7, 11) is 0. The molecule has 0 radical (unpaired) electrons. The van der Waals surface area contributed by atoms with Gasteiger partial charge in [-0.15, -0.1) is 11.3 Å². The van der Waals surface area contributed by atoms with Crippen LogP contribution in [-0.2, 0) is 5.75 Å². The summed E-state index contributed by atoms with van der Waals surface area (Å²) < 4.78 is 0. The van der Waals surface area contributed by atoms with Crippen LogP contribution in [0.1, 0.15) is 5.82 Å². The monoisotopic (exact) mass is 416 g/mol. The van der Waals surface area contributed by atoms with E-state index < -0.39 is 0 Å².